The number of hydrogen-bond acceptors (Lipinski definition) is 4. The third kappa shape index (κ3) is 3.55. The molecule has 2 heterocycles. The summed E-state index contributed by atoms with van der Waals surface area (Å²) in [4.78, 5) is 34.0. The Balaban J connectivity index is 1.79. The average molecular weight is 383 g/mol. The highest BCUT2D eigenvalue weighted by Gasteiger charge is 2.41. The van der Waals surface area contributed by atoms with Crippen LogP contribution in [0.2, 0.25) is 0 Å². The summed E-state index contributed by atoms with van der Waals surface area (Å²) in [7, 11) is 1.81. The highest BCUT2D eigenvalue weighted by atomic mass is 16.2. The summed E-state index contributed by atoms with van der Waals surface area (Å²) in [6.45, 7) is 2.13. The lowest BCUT2D eigenvalue weighted by atomic mass is 10.0. The molecule has 4 rings (SSSR count). The molecule has 1 aliphatic heterocycles. The minimum absolute atomic E-state index is 0.139. The highest BCUT2D eigenvalue weighted by molar-refractivity contribution is 6.36. The molecule has 0 atom stereocenters. The van der Waals surface area contributed by atoms with E-state index in [-0.39, 0.29) is 18.4 Å². The number of amides is 2. The molecule has 3 aromatic rings. The lowest BCUT2D eigenvalue weighted by Crippen LogP contribution is -2.34. The van der Waals surface area contributed by atoms with Crippen molar-refractivity contribution in [3.05, 3.63) is 102 Å². The van der Waals surface area contributed by atoms with Crippen molar-refractivity contribution in [2.75, 3.05) is 11.9 Å². The number of benzene rings is 2. The van der Waals surface area contributed by atoms with E-state index in [2.05, 4.69) is 4.98 Å². The van der Waals surface area contributed by atoms with Crippen molar-refractivity contribution in [1.82, 2.24) is 9.88 Å². The second-order valence-corrected chi connectivity index (χ2v) is 7.00. The lowest BCUT2D eigenvalue weighted by molar-refractivity contribution is -0.137. The molecule has 5 nitrogen and oxygen atoms in total. The molecule has 1 aliphatic rings. The van der Waals surface area contributed by atoms with E-state index < -0.39 is 0 Å². The number of imide groups is 1. The number of aryl methyl sites for hydroxylation is 1. The van der Waals surface area contributed by atoms with Gasteiger partial charge in [-0.05, 0) is 36.8 Å². The molecule has 0 saturated heterocycles. The van der Waals surface area contributed by atoms with Crippen LogP contribution in [-0.4, -0.2) is 28.7 Å². The van der Waals surface area contributed by atoms with Crippen LogP contribution in [0.25, 0.3) is 5.57 Å². The molecule has 29 heavy (non-hydrogen) atoms. The Hall–Kier alpha value is -3.73. The number of para-hydroxylation sites is 1. The molecule has 1 aromatic heterocycles. The average Bonchev–Trinajstić information content (AvgIpc) is 3.00. The first-order chi connectivity index (χ1) is 14.1. The largest absolute Gasteiger partial charge is 0.339 e. The van der Waals surface area contributed by atoms with Crippen molar-refractivity contribution in [1.29, 1.82) is 0 Å². The molecule has 0 fully saturated rings. The summed E-state index contributed by atoms with van der Waals surface area (Å²) in [6.07, 6.45) is 1.66. The van der Waals surface area contributed by atoms with Gasteiger partial charge >= 0.3 is 0 Å². The second kappa shape index (κ2) is 7.72. The van der Waals surface area contributed by atoms with Crippen LogP contribution in [-0.2, 0) is 16.1 Å². The Labute approximate surface area is 169 Å². The van der Waals surface area contributed by atoms with Crippen LogP contribution in [0.3, 0.4) is 0 Å². The molecule has 5 heteroatoms. The normalized spacial score (nSPS) is 13.9. The molecule has 0 bridgehead atoms. The van der Waals surface area contributed by atoms with Crippen LogP contribution in [0.5, 0.6) is 0 Å². The zero-order valence-corrected chi connectivity index (χ0v) is 16.4. The lowest BCUT2D eigenvalue weighted by Gasteiger charge is -2.21. The van der Waals surface area contributed by atoms with E-state index in [4.69, 9.17) is 0 Å². The Morgan fingerprint density at radius 1 is 0.862 bits per heavy atom. The molecule has 0 N–H and O–H groups in total. The van der Waals surface area contributed by atoms with Gasteiger partial charge in [0.15, 0.2) is 0 Å². The zero-order chi connectivity index (χ0) is 20.4. The van der Waals surface area contributed by atoms with Gasteiger partial charge in [0.1, 0.15) is 5.70 Å². The second-order valence-electron chi connectivity index (χ2n) is 7.00. The minimum Gasteiger partial charge on any atom is -0.339 e. The van der Waals surface area contributed by atoms with Crippen molar-refractivity contribution < 1.29 is 9.59 Å². The maximum Gasteiger partial charge on any atom is 0.278 e. The van der Waals surface area contributed by atoms with Gasteiger partial charge in [0, 0.05) is 18.9 Å². The summed E-state index contributed by atoms with van der Waals surface area (Å²) in [5, 5.41) is 0. The predicted octanol–water partition coefficient (Wildman–Crippen LogP) is 3.81. The maximum absolute atomic E-state index is 13.4. The van der Waals surface area contributed by atoms with Gasteiger partial charge in [-0.3, -0.25) is 19.5 Å². The minimum atomic E-state index is -0.317. The van der Waals surface area contributed by atoms with Gasteiger partial charge < -0.3 is 4.90 Å². The van der Waals surface area contributed by atoms with Crippen molar-refractivity contribution in [2.45, 2.75) is 13.5 Å². The van der Waals surface area contributed by atoms with Crippen LogP contribution in [0.15, 0.2) is 84.7 Å². The van der Waals surface area contributed by atoms with E-state index in [9.17, 15) is 9.59 Å². The summed E-state index contributed by atoms with van der Waals surface area (Å²) < 4.78 is 0. The third-order valence-corrected chi connectivity index (χ3v) is 5.01. The topological polar surface area (TPSA) is 53.5 Å². The fraction of sp³-hybridized carbons (Fsp3) is 0.125. The standard InChI is InChI=1S/C24H21N3O2/c1-17-11-13-18(14-12-17)21-22(26(2)20-9-4-3-5-10-20)24(29)27(23(21)28)16-19-8-6-7-15-25-19/h3-15H,16H2,1-2H3. The molecule has 2 amide bonds. The number of carbonyl (C=O) groups excluding carboxylic acids is 2. The SMILES string of the molecule is Cc1ccc(C2=C(N(C)c3ccccc3)C(=O)N(Cc3ccccn3)C2=O)cc1. The summed E-state index contributed by atoms with van der Waals surface area (Å²) in [6, 6.07) is 22.7. The van der Waals surface area contributed by atoms with Gasteiger partial charge in [0.2, 0.25) is 0 Å². The summed E-state index contributed by atoms with van der Waals surface area (Å²) in [5.41, 5.74) is 4.12. The molecular formula is C24H21N3O2. The Morgan fingerprint density at radius 3 is 2.21 bits per heavy atom. The smallest absolute Gasteiger partial charge is 0.278 e. The van der Waals surface area contributed by atoms with Crippen molar-refractivity contribution >= 4 is 23.1 Å². The predicted molar refractivity (Wildman–Crippen MR) is 113 cm³/mol. The van der Waals surface area contributed by atoms with Crippen LogP contribution < -0.4 is 4.90 Å². The number of carbonyl (C=O) groups is 2. The quantitative estimate of drug-likeness (QED) is 0.629. The molecule has 144 valence electrons. The number of pyridine rings is 1. The van der Waals surface area contributed by atoms with Gasteiger partial charge in [-0.25, -0.2) is 0 Å². The van der Waals surface area contributed by atoms with E-state index in [1.54, 1.807) is 11.1 Å². The fourth-order valence-electron chi connectivity index (χ4n) is 3.43. The Kier molecular flexibility index (Phi) is 4.96. The summed E-state index contributed by atoms with van der Waals surface area (Å²) in [5.74, 6) is -0.620. The van der Waals surface area contributed by atoms with E-state index in [1.807, 2.05) is 86.8 Å². The van der Waals surface area contributed by atoms with Gasteiger partial charge in [-0.15, -0.1) is 0 Å². The number of likely N-dealkylation sites (N-methyl/N-ethyl adjacent to an activating group) is 1. The number of anilines is 1. The van der Waals surface area contributed by atoms with Crippen LogP contribution in [0.1, 0.15) is 16.8 Å². The van der Waals surface area contributed by atoms with Crippen LogP contribution >= 0.6 is 0 Å². The number of aromatic nitrogens is 1. The molecule has 2 aromatic carbocycles. The number of rotatable bonds is 5. The highest BCUT2D eigenvalue weighted by Crippen LogP contribution is 2.34. The van der Waals surface area contributed by atoms with Crippen molar-refractivity contribution in [3.8, 4) is 0 Å². The molecule has 0 saturated carbocycles. The molecule has 0 aliphatic carbocycles. The van der Waals surface area contributed by atoms with E-state index in [0.717, 1.165) is 16.8 Å². The van der Waals surface area contributed by atoms with Gasteiger partial charge in [0.25, 0.3) is 11.8 Å². The Bertz CT molecular complexity index is 1070. The number of nitrogens with zero attached hydrogens (tertiary/aromatic N) is 3. The van der Waals surface area contributed by atoms with Crippen molar-refractivity contribution in [3.63, 3.8) is 0 Å². The molecule has 0 unspecified atom stereocenters. The first-order valence-electron chi connectivity index (χ1n) is 9.42. The first kappa shape index (κ1) is 18.6. The maximum atomic E-state index is 13.4. The Morgan fingerprint density at radius 2 is 1.55 bits per heavy atom. The molecule has 0 spiro atoms. The monoisotopic (exact) mass is 383 g/mol. The number of hydrogen-bond donors (Lipinski definition) is 0. The van der Waals surface area contributed by atoms with Gasteiger partial charge in [-0.2, -0.15) is 0 Å². The fourth-order valence-corrected chi connectivity index (χ4v) is 3.43. The molecular weight excluding hydrogens is 362 g/mol. The van der Waals surface area contributed by atoms with Gasteiger partial charge in [-0.1, -0.05) is 54.1 Å². The third-order valence-electron chi connectivity index (χ3n) is 5.01. The van der Waals surface area contributed by atoms with Crippen molar-refractivity contribution in [2.24, 2.45) is 0 Å². The van der Waals surface area contributed by atoms with E-state index in [0.29, 0.717) is 17.0 Å². The van der Waals surface area contributed by atoms with E-state index >= 15 is 0 Å². The zero-order valence-electron chi connectivity index (χ0n) is 16.4. The van der Waals surface area contributed by atoms with Gasteiger partial charge in [0.05, 0.1) is 17.8 Å². The van der Waals surface area contributed by atoms with Crippen LogP contribution in [0, 0.1) is 6.92 Å². The summed E-state index contributed by atoms with van der Waals surface area (Å²) >= 11 is 0. The first-order valence-corrected chi connectivity index (χ1v) is 9.42. The van der Waals surface area contributed by atoms with E-state index in [1.165, 1.54) is 4.90 Å². The van der Waals surface area contributed by atoms with Crippen LogP contribution in [0.4, 0.5) is 5.69 Å². The molecule has 0 radical (unpaired) electrons.